The van der Waals surface area contributed by atoms with Gasteiger partial charge in [0.15, 0.2) is 0 Å². The Balaban J connectivity index is 2.25. The van der Waals surface area contributed by atoms with Gasteiger partial charge in [-0.15, -0.1) is 0 Å². The Bertz CT molecular complexity index is 569. The van der Waals surface area contributed by atoms with Crippen LogP contribution >= 0.6 is 0 Å². The van der Waals surface area contributed by atoms with Crippen molar-refractivity contribution in [2.75, 3.05) is 0 Å². The van der Waals surface area contributed by atoms with Gasteiger partial charge in [0, 0.05) is 11.9 Å². The van der Waals surface area contributed by atoms with Gasteiger partial charge in [-0.25, -0.2) is 0 Å². The fourth-order valence-corrected chi connectivity index (χ4v) is 2.73. The Morgan fingerprint density at radius 3 is 2.55 bits per heavy atom. The van der Waals surface area contributed by atoms with Gasteiger partial charge in [0.25, 0.3) is 0 Å². The minimum Gasteiger partial charge on any atom is -0.549 e. The van der Waals surface area contributed by atoms with Crippen LogP contribution in [0.5, 0.6) is 0 Å². The van der Waals surface area contributed by atoms with Crippen molar-refractivity contribution in [3.05, 3.63) is 48.0 Å². The van der Waals surface area contributed by atoms with Crippen molar-refractivity contribution in [1.29, 1.82) is 0 Å². The number of hydrogen-bond donors (Lipinski definition) is 0. The molecule has 0 N–H and O–H groups in total. The molecular weight excluding hydrogens is 248 g/mol. The molecule has 0 fully saturated rings. The monoisotopic (exact) mass is 269 g/mol. The first kappa shape index (κ1) is 14.6. The van der Waals surface area contributed by atoms with Crippen molar-refractivity contribution >= 4 is 16.7 Å². The quantitative estimate of drug-likeness (QED) is 0.720. The van der Waals surface area contributed by atoms with Gasteiger partial charge in [0.2, 0.25) is 0 Å². The van der Waals surface area contributed by atoms with Gasteiger partial charge < -0.3 is 9.90 Å². The zero-order valence-corrected chi connectivity index (χ0v) is 12.0. The minimum atomic E-state index is -0.960. The van der Waals surface area contributed by atoms with E-state index in [2.05, 4.69) is 6.92 Å². The molecule has 0 spiro atoms. The van der Waals surface area contributed by atoms with Gasteiger partial charge in [-0.2, -0.15) is 0 Å². The van der Waals surface area contributed by atoms with Crippen molar-refractivity contribution in [3.8, 4) is 0 Å². The van der Waals surface area contributed by atoms with E-state index in [0.717, 1.165) is 42.0 Å². The summed E-state index contributed by atoms with van der Waals surface area (Å²) in [6, 6.07) is 13.8. The van der Waals surface area contributed by atoms with Gasteiger partial charge >= 0.3 is 0 Å². The van der Waals surface area contributed by atoms with Crippen molar-refractivity contribution in [1.82, 2.24) is 0 Å². The molecule has 0 aliphatic rings. The van der Waals surface area contributed by atoms with E-state index in [0.29, 0.717) is 6.42 Å². The Kier molecular flexibility index (Phi) is 5.16. The average Bonchev–Trinajstić information content (AvgIpc) is 2.47. The number of carboxylic acid groups (broad SMARTS) is 1. The summed E-state index contributed by atoms with van der Waals surface area (Å²) >= 11 is 0. The first-order valence-electron chi connectivity index (χ1n) is 7.42. The smallest absolute Gasteiger partial charge is 0.0489 e. The molecule has 2 aromatic carbocycles. The van der Waals surface area contributed by atoms with E-state index in [1.165, 1.54) is 0 Å². The van der Waals surface area contributed by atoms with Crippen LogP contribution in [0.2, 0.25) is 0 Å². The highest BCUT2D eigenvalue weighted by Crippen LogP contribution is 2.29. The van der Waals surface area contributed by atoms with Crippen LogP contribution in [0.3, 0.4) is 0 Å². The number of aliphatic carboxylic acids is 1. The number of carbonyl (C=O) groups excluding carboxylic acids is 1. The summed E-state index contributed by atoms with van der Waals surface area (Å²) in [5.74, 6) is -1.46. The second-order valence-corrected chi connectivity index (χ2v) is 5.29. The number of carbonyl (C=O) groups is 1. The fourth-order valence-electron chi connectivity index (χ4n) is 2.73. The molecule has 1 unspecified atom stereocenters. The summed E-state index contributed by atoms with van der Waals surface area (Å²) in [7, 11) is 0. The second kappa shape index (κ2) is 7.09. The third-order valence-electron chi connectivity index (χ3n) is 3.83. The fraction of sp³-hybridized carbons (Fsp3) is 0.389. The van der Waals surface area contributed by atoms with Gasteiger partial charge in [0.05, 0.1) is 0 Å². The zero-order chi connectivity index (χ0) is 14.4. The molecule has 0 aliphatic heterocycles. The maximum absolute atomic E-state index is 11.5. The lowest BCUT2D eigenvalue weighted by Gasteiger charge is -2.20. The zero-order valence-electron chi connectivity index (χ0n) is 12.0. The van der Waals surface area contributed by atoms with Crippen molar-refractivity contribution < 1.29 is 9.90 Å². The predicted molar refractivity (Wildman–Crippen MR) is 80.5 cm³/mol. The highest BCUT2D eigenvalue weighted by atomic mass is 16.4. The maximum atomic E-state index is 11.5. The number of hydrogen-bond acceptors (Lipinski definition) is 2. The van der Waals surface area contributed by atoms with E-state index in [1.54, 1.807) is 0 Å². The molecule has 0 heterocycles. The normalized spacial score (nSPS) is 12.4. The van der Waals surface area contributed by atoms with Gasteiger partial charge in [-0.3, -0.25) is 0 Å². The Hall–Kier alpha value is -1.83. The third kappa shape index (κ3) is 3.38. The second-order valence-electron chi connectivity index (χ2n) is 5.29. The number of carboxylic acids is 1. The number of unbranched alkanes of at least 4 members (excludes halogenated alkanes) is 3. The van der Waals surface area contributed by atoms with Crippen LogP contribution in [-0.4, -0.2) is 5.97 Å². The van der Waals surface area contributed by atoms with E-state index < -0.39 is 11.9 Å². The first-order valence-corrected chi connectivity index (χ1v) is 7.42. The van der Waals surface area contributed by atoms with Crippen molar-refractivity contribution in [3.63, 3.8) is 0 Å². The molecule has 2 nitrogen and oxygen atoms in total. The van der Waals surface area contributed by atoms with Crippen LogP contribution < -0.4 is 5.11 Å². The molecule has 106 valence electrons. The van der Waals surface area contributed by atoms with Crippen LogP contribution in [0.15, 0.2) is 42.5 Å². The van der Waals surface area contributed by atoms with Gasteiger partial charge in [-0.1, -0.05) is 75.1 Å². The third-order valence-corrected chi connectivity index (χ3v) is 3.83. The summed E-state index contributed by atoms with van der Waals surface area (Å²) in [5, 5.41) is 13.6. The van der Waals surface area contributed by atoms with E-state index in [9.17, 15) is 9.90 Å². The molecule has 1 atom stereocenters. The van der Waals surface area contributed by atoms with Crippen LogP contribution in [0.1, 0.15) is 50.5 Å². The number of fused-ring (bicyclic) bond motifs is 1. The number of benzene rings is 2. The summed E-state index contributed by atoms with van der Waals surface area (Å²) in [4.78, 5) is 11.5. The molecule has 0 aromatic heterocycles. The molecule has 0 amide bonds. The lowest BCUT2D eigenvalue weighted by Crippen LogP contribution is -2.30. The van der Waals surface area contributed by atoms with Crippen molar-refractivity contribution in [2.45, 2.75) is 44.9 Å². The summed E-state index contributed by atoms with van der Waals surface area (Å²) in [6.07, 6.45) is 5.01. The standard InChI is InChI=1S/C18H22O2/c1-2-3-4-5-12-17(18(19)20)16-13-8-10-14-9-6-7-11-15(14)16/h6-11,13,17H,2-5,12H2,1H3,(H,19,20)/p-1. The summed E-state index contributed by atoms with van der Waals surface area (Å²) in [6.45, 7) is 2.15. The maximum Gasteiger partial charge on any atom is 0.0489 e. The van der Waals surface area contributed by atoms with Gasteiger partial charge in [0.1, 0.15) is 0 Å². The Labute approximate surface area is 120 Å². The highest BCUT2D eigenvalue weighted by Gasteiger charge is 2.15. The number of rotatable bonds is 7. The molecule has 2 aromatic rings. The largest absolute Gasteiger partial charge is 0.549 e. The highest BCUT2D eigenvalue weighted by molar-refractivity contribution is 5.90. The SMILES string of the molecule is CCCCCCC(C(=O)[O-])c1cccc2ccccc12. The van der Waals surface area contributed by atoms with Crippen molar-refractivity contribution in [2.24, 2.45) is 0 Å². The molecule has 0 saturated carbocycles. The molecule has 2 rings (SSSR count). The van der Waals surface area contributed by atoms with Crippen LogP contribution in [0.25, 0.3) is 10.8 Å². The minimum absolute atomic E-state index is 0.502. The average molecular weight is 269 g/mol. The summed E-state index contributed by atoms with van der Waals surface area (Å²) < 4.78 is 0. The van der Waals surface area contributed by atoms with E-state index in [1.807, 2.05) is 42.5 Å². The Morgan fingerprint density at radius 2 is 1.80 bits per heavy atom. The summed E-state index contributed by atoms with van der Waals surface area (Å²) in [5.41, 5.74) is 0.889. The lowest BCUT2D eigenvalue weighted by molar-refractivity contribution is -0.308. The van der Waals surface area contributed by atoms with Crippen LogP contribution in [0, 0.1) is 0 Å². The lowest BCUT2D eigenvalue weighted by atomic mass is 9.89. The molecule has 0 aliphatic carbocycles. The van der Waals surface area contributed by atoms with E-state index in [4.69, 9.17) is 0 Å². The molecule has 20 heavy (non-hydrogen) atoms. The predicted octanol–water partition coefficient (Wildman–Crippen LogP) is 3.64. The topological polar surface area (TPSA) is 40.1 Å². The molecule has 0 saturated heterocycles. The molecule has 0 radical (unpaired) electrons. The Morgan fingerprint density at radius 1 is 1.05 bits per heavy atom. The molecule has 0 bridgehead atoms. The van der Waals surface area contributed by atoms with Crippen LogP contribution in [0.4, 0.5) is 0 Å². The van der Waals surface area contributed by atoms with E-state index in [-0.39, 0.29) is 0 Å². The molecule has 2 heteroatoms. The first-order chi connectivity index (χ1) is 9.74. The van der Waals surface area contributed by atoms with Crippen LogP contribution in [-0.2, 0) is 4.79 Å². The molecular formula is C18H21O2-. The van der Waals surface area contributed by atoms with E-state index >= 15 is 0 Å². The van der Waals surface area contributed by atoms with Gasteiger partial charge in [-0.05, 0) is 22.8 Å².